The van der Waals surface area contributed by atoms with Crippen molar-refractivity contribution in [3.8, 4) is 0 Å². The Morgan fingerprint density at radius 2 is 0.500 bits per heavy atom. The van der Waals surface area contributed by atoms with Gasteiger partial charge in [-0.2, -0.15) is 0 Å². The molecule has 0 aromatic heterocycles. The zero-order chi connectivity index (χ0) is 35.2. The van der Waals surface area contributed by atoms with E-state index >= 15 is 0 Å². The Kier molecular flexibility index (Phi) is 37.4. The molecule has 0 atom stereocenters. The van der Waals surface area contributed by atoms with E-state index in [-0.39, 0.29) is 44.3 Å². The van der Waals surface area contributed by atoms with Gasteiger partial charge in [-0.1, -0.05) is 0 Å². The number of hydrogen-bond donors (Lipinski definition) is 16. The lowest BCUT2D eigenvalue weighted by atomic mass is 10.5. The molecule has 0 aromatic carbocycles. The Balaban J connectivity index is -0.0000000926. The second-order valence-corrected chi connectivity index (χ2v) is 7.38. The minimum absolute atomic E-state index is 0.0208. The maximum atomic E-state index is 9.28. The summed E-state index contributed by atoms with van der Waals surface area (Å²) in [7, 11) is 0. The normalized spacial score (nSPS) is 7.62. The fourth-order valence-corrected chi connectivity index (χ4v) is 1.28. The van der Waals surface area contributed by atoms with E-state index in [4.69, 9.17) is 68.8 Å². The summed E-state index contributed by atoms with van der Waals surface area (Å²) in [6.45, 7) is 0. The van der Waals surface area contributed by atoms with Crippen LogP contribution in [-0.4, -0.2) is 68.2 Å². The first-order chi connectivity index (χ1) is 18.8. The summed E-state index contributed by atoms with van der Waals surface area (Å²) in [5.41, 5.74) is 59.0. The molecule has 0 aromatic rings. The number of guanidine groups is 4. The van der Waals surface area contributed by atoms with Crippen molar-refractivity contribution < 1.29 is 59.6 Å². The van der Waals surface area contributed by atoms with Gasteiger partial charge in [-0.15, -0.1) is 0 Å². The molecular formula is C14H32N16O8S4. The van der Waals surface area contributed by atoms with Crippen LogP contribution in [0.4, 0.5) is 0 Å². The van der Waals surface area contributed by atoms with Gasteiger partial charge in [-0.3, -0.25) is 0 Å². The summed E-state index contributed by atoms with van der Waals surface area (Å²) in [5, 5.41) is 37.4. The van der Waals surface area contributed by atoms with E-state index < -0.39 is 36.7 Å². The number of nitrogens with one attached hydrogen (secondary N) is 4. The summed E-state index contributed by atoms with van der Waals surface area (Å²) in [6.07, 6.45) is -2.06. The van der Waals surface area contributed by atoms with E-state index in [1.807, 2.05) is 0 Å². The third-order valence-corrected chi connectivity index (χ3v) is 2.06. The first-order valence-electron chi connectivity index (χ1n) is 9.33. The van der Waals surface area contributed by atoms with Crippen molar-refractivity contribution in [3.63, 3.8) is 0 Å². The van der Waals surface area contributed by atoms with Gasteiger partial charge in [0, 0.05) is 36.7 Å². The number of carboxylic acid groups (broad SMARTS) is 4. The van der Waals surface area contributed by atoms with Gasteiger partial charge in [0.15, 0.2) is 0 Å². The first-order valence-corrected chi connectivity index (χ1v) is 11.0. The Morgan fingerprint density at radius 1 is 0.381 bits per heavy atom. The van der Waals surface area contributed by atoms with Crippen molar-refractivity contribution in [2.75, 3.05) is 0 Å². The number of hydrogen-bond acceptors (Lipinski definition) is 12. The first kappa shape index (κ1) is 49.5. The molecular weight excluding hydrogens is 649 g/mol. The standard InChI is InChI=1S/2C3H4O4.4C2H6N4S/c2*4-2(5)1-3(6)7;4*3-1(4)6-2(5)7/h2*1H2,(H,4,5)(H,6,7);4*(H6,3,4,5,6,7). The summed E-state index contributed by atoms with van der Waals surface area (Å²) in [5.74, 6) is -6.42. The molecule has 24 nitrogen and oxygen atoms in total. The summed E-state index contributed by atoms with van der Waals surface area (Å²) < 4.78 is 0. The molecule has 42 heavy (non-hydrogen) atoms. The van der Waals surface area contributed by atoms with E-state index in [2.05, 4.69) is 68.8 Å². The van der Waals surface area contributed by atoms with Crippen molar-refractivity contribution in [2.45, 2.75) is 12.8 Å². The summed E-state index contributed by atoms with van der Waals surface area (Å²) >= 11 is 17.4. The lowest BCUT2D eigenvalue weighted by Crippen LogP contribution is -2.83. The molecule has 0 aliphatic carbocycles. The highest BCUT2D eigenvalue weighted by Crippen LogP contribution is 1.66. The molecule has 28 N–H and O–H groups in total. The number of carbonyl (C=O) groups excluding carboxylic acids is 4. The molecule has 0 radical (unpaired) electrons. The highest BCUT2D eigenvalue weighted by atomic mass is 32.1. The average molecular weight is 681 g/mol. The van der Waals surface area contributed by atoms with Gasteiger partial charge >= 0.3 is 23.8 Å². The van der Waals surface area contributed by atoms with Crippen LogP contribution in [0.15, 0.2) is 0 Å². The lowest BCUT2D eigenvalue weighted by Gasteiger charge is -1.99. The van der Waals surface area contributed by atoms with E-state index in [0.717, 1.165) is 0 Å². The topological polar surface area (TPSA) is 529 Å². The molecule has 0 heterocycles. The van der Waals surface area contributed by atoms with Gasteiger partial charge in [-0.25, -0.2) is 20.0 Å². The SMILES string of the molecule is NC(=S)[NH+]=C(N)N.NC(=S)[NH+]=C(N)N.NC(=S)[NH+]=C(N)N.NC(=S)[NH+]=C(N)N.O=C([O-])CC(=O)[O-].O=C([O-])CC(=O)[O-]. The summed E-state index contributed by atoms with van der Waals surface area (Å²) in [6, 6.07) is 0. The number of rotatable bonds is 4. The molecule has 0 saturated heterocycles. The van der Waals surface area contributed by atoms with Gasteiger partial charge in [0.25, 0.3) is 20.4 Å². The lowest BCUT2D eigenvalue weighted by molar-refractivity contribution is -0.325. The van der Waals surface area contributed by atoms with Gasteiger partial charge in [0.1, 0.15) is 0 Å². The number of carboxylic acids is 4. The molecule has 28 heteroatoms. The number of nitrogens with two attached hydrogens (primary N) is 12. The van der Waals surface area contributed by atoms with Crippen molar-refractivity contribution >= 4 is 117 Å². The fraction of sp³-hybridized carbons (Fsp3) is 0.143. The number of aliphatic carboxylic acids is 4. The molecule has 0 unspecified atom stereocenters. The third kappa shape index (κ3) is 113. The molecule has 0 bridgehead atoms. The average Bonchev–Trinajstić information content (AvgIpc) is 2.63. The molecule has 0 rings (SSSR count). The predicted octanol–water partition coefficient (Wildman–Crippen LogP) is -19.9. The van der Waals surface area contributed by atoms with Gasteiger partial charge in [0.2, 0.25) is 0 Å². The molecule has 0 aliphatic heterocycles. The number of carbonyl (C=O) groups is 4. The van der Waals surface area contributed by atoms with Crippen LogP contribution in [0, 0.1) is 0 Å². The molecule has 0 aliphatic rings. The molecule has 240 valence electrons. The number of thiocarbonyl (C=S) groups is 4. The van der Waals surface area contributed by atoms with Gasteiger partial charge < -0.3 is 108 Å². The van der Waals surface area contributed by atoms with Gasteiger partial charge in [-0.05, 0) is 48.9 Å². The van der Waals surface area contributed by atoms with Crippen molar-refractivity contribution in [3.05, 3.63) is 0 Å². The van der Waals surface area contributed by atoms with Gasteiger partial charge in [0.05, 0.1) is 0 Å². The minimum Gasteiger partial charge on any atom is -0.550 e. The zero-order valence-electron chi connectivity index (χ0n) is 21.2. The van der Waals surface area contributed by atoms with Crippen molar-refractivity contribution in [1.29, 1.82) is 0 Å². The van der Waals surface area contributed by atoms with E-state index in [9.17, 15) is 39.6 Å². The largest absolute Gasteiger partial charge is 0.550 e. The van der Waals surface area contributed by atoms with Crippen molar-refractivity contribution in [1.82, 2.24) is 0 Å². The van der Waals surface area contributed by atoms with Crippen LogP contribution in [0.1, 0.15) is 12.8 Å². The molecule has 0 amide bonds. The zero-order valence-corrected chi connectivity index (χ0v) is 24.5. The highest BCUT2D eigenvalue weighted by Gasteiger charge is 1.85. The quantitative estimate of drug-likeness (QED) is 0.0567. The highest BCUT2D eigenvalue weighted by molar-refractivity contribution is 7.80. The van der Waals surface area contributed by atoms with Crippen LogP contribution < -0.4 is 109 Å². The van der Waals surface area contributed by atoms with E-state index in [1.165, 1.54) is 0 Å². The third-order valence-electron chi connectivity index (χ3n) is 1.65. The van der Waals surface area contributed by atoms with Crippen LogP contribution in [0.5, 0.6) is 0 Å². The van der Waals surface area contributed by atoms with E-state index in [0.29, 0.717) is 0 Å². The summed E-state index contributed by atoms with van der Waals surface area (Å²) in [4.78, 5) is 46.3. The fourth-order valence-electron chi connectivity index (χ4n) is 0.805. The molecule has 0 spiro atoms. The van der Waals surface area contributed by atoms with E-state index in [1.54, 1.807) is 0 Å². The maximum Gasteiger partial charge on any atom is 0.303 e. The van der Waals surface area contributed by atoms with Crippen LogP contribution >= 0.6 is 48.9 Å². The Labute approximate surface area is 257 Å². The Morgan fingerprint density at radius 3 is 0.500 bits per heavy atom. The van der Waals surface area contributed by atoms with Crippen LogP contribution in [0.2, 0.25) is 0 Å². The van der Waals surface area contributed by atoms with Crippen LogP contribution in [-0.2, 0) is 19.2 Å². The second kappa shape index (κ2) is 31.7. The van der Waals surface area contributed by atoms with Crippen molar-refractivity contribution in [2.24, 2.45) is 68.8 Å². The van der Waals surface area contributed by atoms with Crippen LogP contribution in [0.3, 0.4) is 0 Å². The maximum absolute atomic E-state index is 9.28. The monoisotopic (exact) mass is 680 g/mol. The second-order valence-electron chi connectivity index (χ2n) is 5.62. The Bertz CT molecular complexity index is 886. The molecule has 0 saturated carbocycles. The van der Waals surface area contributed by atoms with Crippen LogP contribution in [0.25, 0.3) is 0 Å². The Hall–Kier alpha value is -5.48. The smallest absolute Gasteiger partial charge is 0.303 e. The predicted molar refractivity (Wildman–Crippen MR) is 154 cm³/mol. The molecule has 0 fully saturated rings. The minimum atomic E-state index is -1.63.